The Morgan fingerprint density at radius 3 is 2.67 bits per heavy atom. The van der Waals surface area contributed by atoms with Crippen LogP contribution in [0.15, 0.2) is 36.5 Å². The van der Waals surface area contributed by atoms with Crippen LogP contribution in [0.3, 0.4) is 0 Å². The number of carbonyl (C=O) groups excluding carboxylic acids is 1. The number of nitrogens with one attached hydrogen (secondary N) is 1. The number of aryl methyl sites for hydroxylation is 1. The summed E-state index contributed by atoms with van der Waals surface area (Å²) in [5.74, 6) is -1.44. The van der Waals surface area contributed by atoms with Gasteiger partial charge < -0.3 is 10.4 Å². The minimum atomic E-state index is -3.57. The zero-order valence-corrected chi connectivity index (χ0v) is 16.9. The fourth-order valence-electron chi connectivity index (χ4n) is 3.43. The number of hydrogen-bond acceptors (Lipinski definition) is 6. The largest absolute Gasteiger partial charge is 0.504 e. The van der Waals surface area contributed by atoms with Crippen molar-refractivity contribution in [1.29, 1.82) is 0 Å². The Morgan fingerprint density at radius 1 is 1.27 bits per heavy atom. The van der Waals surface area contributed by atoms with Crippen LogP contribution in [0, 0.1) is 12.7 Å². The highest BCUT2D eigenvalue weighted by Gasteiger charge is 2.33. The molecular weight excluding hydrogens is 411 g/mol. The molecule has 3 heterocycles. The summed E-state index contributed by atoms with van der Waals surface area (Å²) < 4.78 is 39.2. The first-order valence-corrected chi connectivity index (χ1v) is 10.9. The number of sulfonamides is 1. The predicted octanol–water partition coefficient (Wildman–Crippen LogP) is 2.25. The monoisotopic (exact) mass is 430 g/mol. The summed E-state index contributed by atoms with van der Waals surface area (Å²) in [6.45, 7) is 2.07. The van der Waals surface area contributed by atoms with E-state index in [0.29, 0.717) is 22.9 Å². The lowest BCUT2D eigenvalue weighted by molar-refractivity contribution is 0.0943. The Hall–Kier alpha value is -3.27. The van der Waals surface area contributed by atoms with E-state index in [0.717, 1.165) is 0 Å². The predicted molar refractivity (Wildman–Crippen MR) is 109 cm³/mol. The third kappa shape index (κ3) is 3.54. The van der Waals surface area contributed by atoms with E-state index in [1.165, 1.54) is 34.8 Å². The van der Waals surface area contributed by atoms with Gasteiger partial charge in [0.15, 0.2) is 17.3 Å². The van der Waals surface area contributed by atoms with E-state index in [9.17, 15) is 22.7 Å². The molecule has 2 N–H and O–H groups in total. The molecule has 3 aromatic rings. The number of carbonyl (C=O) groups is 1. The lowest BCUT2D eigenvalue weighted by atomic mass is 10.1. The first kappa shape index (κ1) is 20.0. The number of nitrogens with zero attached hydrogens (tertiary/aromatic N) is 3. The van der Waals surface area contributed by atoms with Gasteiger partial charge in [-0.15, -0.1) is 0 Å². The normalized spacial score (nSPS) is 15.5. The molecule has 30 heavy (non-hydrogen) atoms. The number of aromatic nitrogens is 2. The Balaban J connectivity index is 1.77. The van der Waals surface area contributed by atoms with Crippen LogP contribution >= 0.6 is 0 Å². The minimum absolute atomic E-state index is 0.0115. The second-order valence-electron chi connectivity index (χ2n) is 7.03. The van der Waals surface area contributed by atoms with Gasteiger partial charge in [0.2, 0.25) is 10.0 Å². The molecule has 1 fully saturated rings. The van der Waals surface area contributed by atoms with Crippen LogP contribution in [0.2, 0.25) is 0 Å². The molecule has 4 rings (SSSR count). The molecule has 156 valence electrons. The van der Waals surface area contributed by atoms with E-state index in [-0.39, 0.29) is 35.9 Å². The van der Waals surface area contributed by atoms with Crippen LogP contribution in [-0.4, -0.2) is 41.7 Å². The molecule has 1 aliphatic heterocycles. The second kappa shape index (κ2) is 7.52. The number of halogens is 1. The number of aromatic hydroxyl groups is 1. The van der Waals surface area contributed by atoms with Gasteiger partial charge in [-0.1, -0.05) is 12.1 Å². The molecule has 1 saturated heterocycles. The molecule has 1 aliphatic rings. The number of amides is 1. The number of fused-ring (bicyclic) bond motifs is 1. The van der Waals surface area contributed by atoms with Gasteiger partial charge in [-0.3, -0.25) is 14.1 Å². The summed E-state index contributed by atoms with van der Waals surface area (Å²) in [5.41, 5.74) is 1.12. The van der Waals surface area contributed by atoms with Crippen molar-refractivity contribution >= 4 is 32.7 Å². The van der Waals surface area contributed by atoms with Gasteiger partial charge >= 0.3 is 0 Å². The molecule has 0 bridgehead atoms. The van der Waals surface area contributed by atoms with E-state index >= 15 is 0 Å². The van der Waals surface area contributed by atoms with E-state index in [2.05, 4.69) is 15.3 Å². The highest BCUT2D eigenvalue weighted by atomic mass is 32.2. The van der Waals surface area contributed by atoms with Gasteiger partial charge in [0.1, 0.15) is 11.3 Å². The summed E-state index contributed by atoms with van der Waals surface area (Å²) in [7, 11) is -3.57. The average molecular weight is 430 g/mol. The minimum Gasteiger partial charge on any atom is -0.504 e. The molecule has 0 atom stereocenters. The van der Waals surface area contributed by atoms with Crippen LogP contribution in [0.25, 0.3) is 10.9 Å². The Morgan fingerprint density at radius 2 is 2.00 bits per heavy atom. The van der Waals surface area contributed by atoms with Gasteiger partial charge in [-0.25, -0.2) is 17.8 Å². The van der Waals surface area contributed by atoms with Crippen molar-refractivity contribution in [2.45, 2.75) is 19.9 Å². The molecular formula is C20H19FN4O4S. The number of hydrogen-bond donors (Lipinski definition) is 2. The maximum atomic E-state index is 13.0. The lowest BCUT2D eigenvalue weighted by Crippen LogP contribution is -2.29. The van der Waals surface area contributed by atoms with Gasteiger partial charge in [0, 0.05) is 19.3 Å². The Labute approximate surface area is 172 Å². The fourth-order valence-corrected chi connectivity index (χ4v) is 4.95. The lowest BCUT2D eigenvalue weighted by Gasteiger charge is -2.20. The van der Waals surface area contributed by atoms with E-state index in [1.54, 1.807) is 13.0 Å². The molecule has 1 amide bonds. The summed E-state index contributed by atoms with van der Waals surface area (Å²) >= 11 is 0. The number of anilines is 1. The van der Waals surface area contributed by atoms with Crippen LogP contribution < -0.4 is 9.62 Å². The molecule has 0 spiro atoms. The van der Waals surface area contributed by atoms with Crippen molar-refractivity contribution in [1.82, 2.24) is 15.3 Å². The van der Waals surface area contributed by atoms with Crippen molar-refractivity contribution in [3.05, 3.63) is 59.2 Å². The molecule has 0 saturated carbocycles. The SMILES string of the molecule is Cc1ccnc2c(O)c(C(=O)NCc3ccc(F)cc3)nc(N3CCCS3(=O)=O)c12. The van der Waals surface area contributed by atoms with Crippen molar-refractivity contribution in [3.63, 3.8) is 0 Å². The Bertz CT molecular complexity index is 1250. The Kier molecular flexibility index (Phi) is 5.02. The number of rotatable bonds is 4. The quantitative estimate of drug-likeness (QED) is 0.657. The van der Waals surface area contributed by atoms with E-state index in [1.807, 2.05) is 0 Å². The third-order valence-electron chi connectivity index (χ3n) is 4.97. The summed E-state index contributed by atoms with van der Waals surface area (Å²) in [4.78, 5) is 21.2. The van der Waals surface area contributed by atoms with Crippen LogP contribution in [0.4, 0.5) is 10.2 Å². The highest BCUT2D eigenvalue weighted by molar-refractivity contribution is 7.93. The zero-order valence-electron chi connectivity index (χ0n) is 16.1. The molecule has 0 unspecified atom stereocenters. The maximum absolute atomic E-state index is 13.0. The van der Waals surface area contributed by atoms with Crippen molar-refractivity contribution < 1.29 is 22.7 Å². The number of benzene rings is 1. The molecule has 10 heteroatoms. The van der Waals surface area contributed by atoms with E-state index < -0.39 is 27.5 Å². The average Bonchev–Trinajstić information content (AvgIpc) is 3.07. The fraction of sp³-hybridized carbons (Fsp3) is 0.250. The molecule has 0 radical (unpaired) electrons. The first-order chi connectivity index (χ1) is 14.3. The second-order valence-corrected chi connectivity index (χ2v) is 9.05. The smallest absolute Gasteiger partial charge is 0.274 e. The van der Waals surface area contributed by atoms with Crippen LogP contribution in [0.5, 0.6) is 5.75 Å². The van der Waals surface area contributed by atoms with Gasteiger partial charge in [0.05, 0.1) is 11.1 Å². The maximum Gasteiger partial charge on any atom is 0.274 e. The highest BCUT2D eigenvalue weighted by Crippen LogP contribution is 2.37. The van der Waals surface area contributed by atoms with E-state index in [4.69, 9.17) is 0 Å². The molecule has 8 nitrogen and oxygen atoms in total. The molecule has 0 aliphatic carbocycles. The van der Waals surface area contributed by atoms with Crippen LogP contribution in [0.1, 0.15) is 28.0 Å². The molecule has 2 aromatic heterocycles. The topological polar surface area (TPSA) is 112 Å². The third-order valence-corrected chi connectivity index (χ3v) is 6.80. The van der Waals surface area contributed by atoms with Crippen molar-refractivity contribution in [2.24, 2.45) is 0 Å². The summed E-state index contributed by atoms with van der Waals surface area (Å²) in [5, 5.41) is 13.7. The number of pyridine rings is 2. The zero-order chi connectivity index (χ0) is 21.5. The summed E-state index contributed by atoms with van der Waals surface area (Å²) in [6, 6.07) is 7.28. The summed E-state index contributed by atoms with van der Waals surface area (Å²) in [6.07, 6.45) is 1.91. The first-order valence-electron chi connectivity index (χ1n) is 9.29. The molecule has 1 aromatic carbocycles. The van der Waals surface area contributed by atoms with Crippen LogP contribution in [-0.2, 0) is 16.6 Å². The van der Waals surface area contributed by atoms with Crippen molar-refractivity contribution in [2.75, 3.05) is 16.6 Å². The van der Waals surface area contributed by atoms with Gasteiger partial charge in [0.25, 0.3) is 5.91 Å². The standard InChI is InChI=1S/C20H19FN4O4S/c1-12-7-8-22-16-15(12)19(25-9-2-10-30(25,28)29)24-17(18(16)26)20(27)23-11-13-3-5-14(21)6-4-13/h3-8,26H,2,9-11H2,1H3,(H,23,27). The van der Waals surface area contributed by atoms with Gasteiger partial charge in [-0.05, 0) is 42.7 Å². The van der Waals surface area contributed by atoms with Gasteiger partial charge in [-0.2, -0.15) is 0 Å². The van der Waals surface area contributed by atoms with Crippen molar-refractivity contribution in [3.8, 4) is 5.75 Å².